The Morgan fingerprint density at radius 1 is 1.22 bits per heavy atom. The summed E-state index contributed by atoms with van der Waals surface area (Å²) in [6.07, 6.45) is 1.02. The highest BCUT2D eigenvalue weighted by atomic mass is 32.2. The average Bonchev–Trinajstić information content (AvgIpc) is 2.35. The zero-order valence-corrected chi connectivity index (χ0v) is 12.7. The summed E-state index contributed by atoms with van der Waals surface area (Å²) in [4.78, 5) is 3.53. The van der Waals surface area contributed by atoms with E-state index in [1.165, 1.54) is 10.6 Å². The van der Waals surface area contributed by atoms with Gasteiger partial charge in [-0.1, -0.05) is 20.8 Å². The van der Waals surface area contributed by atoms with Crippen LogP contribution in [0.1, 0.15) is 27.2 Å². The number of aliphatic hydroxyl groups is 1. The van der Waals surface area contributed by atoms with Crippen LogP contribution in [0.4, 0.5) is 5.69 Å². The van der Waals surface area contributed by atoms with E-state index >= 15 is 0 Å². The largest absolute Gasteiger partial charge is 0.396 e. The van der Waals surface area contributed by atoms with Gasteiger partial charge in [0.2, 0.25) is 0 Å². The van der Waals surface area contributed by atoms with Crippen molar-refractivity contribution in [3.63, 3.8) is 0 Å². The van der Waals surface area contributed by atoms with Crippen molar-refractivity contribution >= 4 is 17.4 Å². The minimum atomic E-state index is 0.266. The van der Waals surface area contributed by atoms with Gasteiger partial charge in [0.25, 0.3) is 0 Å². The highest BCUT2D eigenvalue weighted by Gasteiger charge is 2.09. The third kappa shape index (κ3) is 4.91. The molecule has 1 aromatic rings. The number of hydrogen-bond donors (Lipinski definition) is 1. The van der Waals surface area contributed by atoms with Crippen LogP contribution in [0.5, 0.6) is 0 Å². The van der Waals surface area contributed by atoms with Gasteiger partial charge in [0.05, 0.1) is 0 Å². The number of anilines is 1. The zero-order valence-electron chi connectivity index (χ0n) is 11.9. The number of nitrogens with zero attached hydrogens (tertiary/aromatic N) is 1. The molecular formula is C15H25NOS. The summed E-state index contributed by atoms with van der Waals surface area (Å²) in [5, 5.41) is 9.85. The summed E-state index contributed by atoms with van der Waals surface area (Å²) < 4.78 is 0. The molecule has 0 fully saturated rings. The van der Waals surface area contributed by atoms with Gasteiger partial charge in [0, 0.05) is 36.0 Å². The Morgan fingerprint density at radius 2 is 1.83 bits per heavy atom. The second kappa shape index (κ2) is 7.70. The number of aliphatic hydroxyl groups excluding tert-OH is 1. The molecule has 3 heteroatoms. The Morgan fingerprint density at radius 3 is 2.28 bits per heavy atom. The molecule has 1 rings (SSSR count). The molecule has 0 saturated heterocycles. The lowest BCUT2D eigenvalue weighted by molar-refractivity contribution is 0.225. The molecule has 1 atom stereocenters. The van der Waals surface area contributed by atoms with Gasteiger partial charge in [-0.15, -0.1) is 11.8 Å². The molecule has 18 heavy (non-hydrogen) atoms. The third-order valence-electron chi connectivity index (χ3n) is 3.02. The van der Waals surface area contributed by atoms with Gasteiger partial charge in [-0.25, -0.2) is 0 Å². The fraction of sp³-hybridized carbons (Fsp3) is 0.600. The molecular weight excluding hydrogens is 242 g/mol. The molecule has 0 amide bonds. The second-order valence-electron chi connectivity index (χ2n) is 5.00. The van der Waals surface area contributed by atoms with Crippen LogP contribution >= 0.6 is 11.8 Å². The number of hydrogen-bond acceptors (Lipinski definition) is 3. The fourth-order valence-electron chi connectivity index (χ4n) is 1.86. The highest BCUT2D eigenvalue weighted by Crippen LogP contribution is 2.25. The zero-order chi connectivity index (χ0) is 13.5. The maximum Gasteiger partial charge on any atom is 0.0476 e. The van der Waals surface area contributed by atoms with E-state index in [0.29, 0.717) is 11.2 Å². The first-order valence-corrected chi connectivity index (χ1v) is 7.53. The van der Waals surface area contributed by atoms with Gasteiger partial charge in [-0.2, -0.15) is 0 Å². The van der Waals surface area contributed by atoms with Crippen molar-refractivity contribution in [2.24, 2.45) is 5.92 Å². The Bertz CT molecular complexity index is 333. The lowest BCUT2D eigenvalue weighted by atomic mass is 10.1. The number of rotatable bonds is 7. The first kappa shape index (κ1) is 15.4. The van der Waals surface area contributed by atoms with E-state index in [-0.39, 0.29) is 6.61 Å². The van der Waals surface area contributed by atoms with Crippen molar-refractivity contribution < 1.29 is 5.11 Å². The predicted molar refractivity (Wildman–Crippen MR) is 81.6 cm³/mol. The van der Waals surface area contributed by atoms with Crippen molar-refractivity contribution in [3.05, 3.63) is 24.3 Å². The van der Waals surface area contributed by atoms with Gasteiger partial charge in [-0.05, 0) is 36.6 Å². The minimum Gasteiger partial charge on any atom is -0.396 e. The molecule has 1 unspecified atom stereocenters. The molecule has 0 aliphatic carbocycles. The van der Waals surface area contributed by atoms with Gasteiger partial charge < -0.3 is 10.0 Å². The molecule has 0 aliphatic rings. The van der Waals surface area contributed by atoms with E-state index in [4.69, 9.17) is 0 Å². The monoisotopic (exact) mass is 267 g/mol. The third-order valence-corrected chi connectivity index (χ3v) is 4.03. The Labute approximate surface area is 115 Å². The van der Waals surface area contributed by atoms with Crippen LogP contribution < -0.4 is 4.90 Å². The Balaban J connectivity index is 2.61. The molecule has 0 heterocycles. The molecule has 0 aromatic heterocycles. The second-order valence-corrected chi connectivity index (χ2v) is 6.65. The van der Waals surface area contributed by atoms with Crippen molar-refractivity contribution in [2.45, 2.75) is 37.3 Å². The van der Waals surface area contributed by atoms with Crippen molar-refractivity contribution in [1.29, 1.82) is 0 Å². The molecule has 0 bridgehead atoms. The molecule has 0 aliphatic heterocycles. The topological polar surface area (TPSA) is 23.5 Å². The molecule has 0 saturated carbocycles. The maximum atomic E-state index is 9.24. The first-order valence-electron chi connectivity index (χ1n) is 6.65. The number of benzene rings is 1. The summed E-state index contributed by atoms with van der Waals surface area (Å²) >= 11 is 1.88. The quantitative estimate of drug-likeness (QED) is 0.763. The van der Waals surface area contributed by atoms with E-state index in [2.05, 4.69) is 57.0 Å². The fourth-order valence-corrected chi connectivity index (χ4v) is 2.70. The van der Waals surface area contributed by atoms with Crippen molar-refractivity contribution in [1.82, 2.24) is 0 Å². The summed E-state index contributed by atoms with van der Waals surface area (Å²) in [7, 11) is 2.09. The Hall–Kier alpha value is -0.670. The average molecular weight is 267 g/mol. The lowest BCUT2D eigenvalue weighted by Gasteiger charge is -2.24. The van der Waals surface area contributed by atoms with Crippen LogP contribution in [0.3, 0.4) is 0 Å². The molecule has 0 radical (unpaired) electrons. The molecule has 0 spiro atoms. The molecule has 1 N–H and O–H groups in total. The van der Waals surface area contributed by atoms with Gasteiger partial charge in [0.1, 0.15) is 0 Å². The Kier molecular flexibility index (Phi) is 6.58. The lowest BCUT2D eigenvalue weighted by Crippen LogP contribution is -2.26. The van der Waals surface area contributed by atoms with Gasteiger partial charge >= 0.3 is 0 Å². The minimum absolute atomic E-state index is 0.266. The van der Waals surface area contributed by atoms with Crippen LogP contribution in [-0.4, -0.2) is 30.6 Å². The highest BCUT2D eigenvalue weighted by molar-refractivity contribution is 7.99. The smallest absolute Gasteiger partial charge is 0.0476 e. The van der Waals surface area contributed by atoms with E-state index in [9.17, 15) is 5.11 Å². The summed E-state index contributed by atoms with van der Waals surface area (Å²) in [6, 6.07) is 8.68. The van der Waals surface area contributed by atoms with E-state index in [1.54, 1.807) is 0 Å². The van der Waals surface area contributed by atoms with Crippen LogP contribution in [0.25, 0.3) is 0 Å². The van der Waals surface area contributed by atoms with E-state index in [0.717, 1.165) is 13.0 Å². The number of thioether (sulfide) groups is 1. The summed E-state index contributed by atoms with van der Waals surface area (Å²) in [5.41, 5.74) is 1.22. The van der Waals surface area contributed by atoms with Crippen LogP contribution in [0.15, 0.2) is 29.2 Å². The molecule has 1 aromatic carbocycles. The van der Waals surface area contributed by atoms with Crippen LogP contribution in [0.2, 0.25) is 0 Å². The summed E-state index contributed by atoms with van der Waals surface area (Å²) in [5.74, 6) is 0.361. The maximum absolute atomic E-state index is 9.24. The first-order chi connectivity index (χ1) is 8.56. The molecule has 102 valence electrons. The van der Waals surface area contributed by atoms with Crippen LogP contribution in [0, 0.1) is 5.92 Å². The normalized spacial score (nSPS) is 12.8. The van der Waals surface area contributed by atoms with E-state index < -0.39 is 0 Å². The SMILES string of the molecule is CCC(CO)CN(C)c1ccc(SC(C)C)cc1. The summed E-state index contributed by atoms with van der Waals surface area (Å²) in [6.45, 7) is 7.71. The van der Waals surface area contributed by atoms with Gasteiger partial charge in [-0.3, -0.25) is 0 Å². The van der Waals surface area contributed by atoms with E-state index in [1.807, 2.05) is 11.8 Å². The molecule has 2 nitrogen and oxygen atoms in total. The van der Waals surface area contributed by atoms with Crippen LogP contribution in [-0.2, 0) is 0 Å². The predicted octanol–water partition coefficient (Wildman–Crippen LogP) is 3.64. The van der Waals surface area contributed by atoms with Crippen molar-refractivity contribution in [2.75, 3.05) is 25.1 Å². The standard InChI is InChI=1S/C15H25NOS/c1-5-13(11-17)10-16(4)14-6-8-15(9-7-14)18-12(2)3/h6-9,12-13,17H,5,10-11H2,1-4H3. The van der Waals surface area contributed by atoms with Gasteiger partial charge in [0.15, 0.2) is 0 Å². The van der Waals surface area contributed by atoms with Crippen molar-refractivity contribution in [3.8, 4) is 0 Å².